The Morgan fingerprint density at radius 1 is 1.11 bits per heavy atom. The average molecular weight is 386 g/mol. The van der Waals surface area contributed by atoms with Gasteiger partial charge in [-0.05, 0) is 68.7 Å². The Balaban J connectivity index is 1.85. The first-order valence-electron chi connectivity index (χ1n) is 8.63. The summed E-state index contributed by atoms with van der Waals surface area (Å²) in [5.41, 5.74) is 5.77. The van der Waals surface area contributed by atoms with Crippen LogP contribution in [0.15, 0.2) is 36.4 Å². The third-order valence-corrected chi connectivity index (χ3v) is 5.08. The van der Waals surface area contributed by atoms with Gasteiger partial charge in [-0.1, -0.05) is 23.7 Å². The quantitative estimate of drug-likeness (QED) is 0.670. The second kappa shape index (κ2) is 7.53. The molecule has 0 aliphatic heterocycles. The van der Waals surface area contributed by atoms with E-state index in [1.165, 1.54) is 12.1 Å². The lowest BCUT2D eigenvalue weighted by Gasteiger charge is -2.09. The number of rotatable bonds is 4. The molecule has 140 valence electrons. The van der Waals surface area contributed by atoms with E-state index in [0.29, 0.717) is 28.5 Å². The highest BCUT2D eigenvalue weighted by atomic mass is 35.5. The molecule has 2 aromatic carbocycles. The molecule has 1 aromatic heterocycles. The van der Waals surface area contributed by atoms with Crippen molar-refractivity contribution in [2.75, 3.05) is 5.32 Å². The lowest BCUT2D eigenvalue weighted by atomic mass is 10.1. The second-order valence-corrected chi connectivity index (χ2v) is 7.10. The zero-order chi connectivity index (χ0) is 19.7. The Bertz CT molecular complexity index is 1030. The van der Waals surface area contributed by atoms with Crippen molar-refractivity contribution >= 4 is 23.2 Å². The fraction of sp³-hybridized carbons (Fsp3) is 0.238. The van der Waals surface area contributed by atoms with Crippen LogP contribution in [0.5, 0.6) is 0 Å². The van der Waals surface area contributed by atoms with Gasteiger partial charge in [-0.25, -0.2) is 4.39 Å². The minimum Gasteiger partial charge on any atom is -0.319 e. The Morgan fingerprint density at radius 2 is 1.85 bits per heavy atom. The first-order chi connectivity index (χ1) is 12.8. The molecular weight excluding hydrogens is 365 g/mol. The summed E-state index contributed by atoms with van der Waals surface area (Å²) in [4.78, 5) is 12.6. The molecule has 0 saturated heterocycles. The number of aromatic nitrogens is 2. The maximum atomic E-state index is 13.2. The van der Waals surface area contributed by atoms with Crippen molar-refractivity contribution in [2.45, 2.75) is 34.2 Å². The van der Waals surface area contributed by atoms with Crippen LogP contribution in [0.2, 0.25) is 5.02 Å². The highest BCUT2D eigenvalue weighted by Crippen LogP contribution is 2.24. The Morgan fingerprint density at radius 3 is 2.52 bits per heavy atom. The normalized spacial score (nSPS) is 10.9. The highest BCUT2D eigenvalue weighted by molar-refractivity contribution is 6.31. The number of hydrogen-bond acceptors (Lipinski definition) is 2. The molecule has 0 spiro atoms. The molecule has 0 atom stereocenters. The molecule has 1 amide bonds. The van der Waals surface area contributed by atoms with Crippen molar-refractivity contribution in [3.63, 3.8) is 0 Å². The van der Waals surface area contributed by atoms with Gasteiger partial charge in [-0.2, -0.15) is 5.10 Å². The van der Waals surface area contributed by atoms with E-state index >= 15 is 0 Å². The smallest absolute Gasteiger partial charge is 0.255 e. The Hall–Kier alpha value is -2.66. The van der Waals surface area contributed by atoms with Crippen LogP contribution < -0.4 is 5.32 Å². The van der Waals surface area contributed by atoms with Crippen LogP contribution in [-0.4, -0.2) is 15.7 Å². The van der Waals surface area contributed by atoms with Crippen molar-refractivity contribution in [1.29, 1.82) is 0 Å². The summed E-state index contributed by atoms with van der Waals surface area (Å²) in [6.07, 6.45) is 0. The number of hydrogen-bond donors (Lipinski definition) is 1. The number of nitrogens with one attached hydrogen (secondary N) is 1. The number of aryl methyl sites for hydroxylation is 3. The van der Waals surface area contributed by atoms with Crippen LogP contribution in [0.3, 0.4) is 0 Å². The highest BCUT2D eigenvalue weighted by Gasteiger charge is 2.16. The topological polar surface area (TPSA) is 46.9 Å². The van der Waals surface area contributed by atoms with Gasteiger partial charge in [0.15, 0.2) is 0 Å². The standard InChI is InChI=1S/C21H21ClFN3O/c1-12-5-6-16(9-13(12)2)21(27)24-20-14(3)25-26(15(20)4)11-17-7-8-18(23)10-19(17)22/h5-10H,11H2,1-4H3,(H,24,27). The molecule has 0 unspecified atom stereocenters. The summed E-state index contributed by atoms with van der Waals surface area (Å²) in [5, 5.41) is 7.80. The molecule has 1 heterocycles. The molecule has 0 fully saturated rings. The minimum absolute atomic E-state index is 0.177. The van der Waals surface area contributed by atoms with E-state index in [-0.39, 0.29) is 11.7 Å². The van der Waals surface area contributed by atoms with E-state index in [0.717, 1.165) is 22.4 Å². The summed E-state index contributed by atoms with van der Waals surface area (Å²) in [7, 11) is 0. The van der Waals surface area contributed by atoms with Gasteiger partial charge in [0.1, 0.15) is 5.82 Å². The fourth-order valence-corrected chi connectivity index (χ4v) is 3.14. The number of amides is 1. The van der Waals surface area contributed by atoms with Crippen LogP contribution in [0.1, 0.15) is 38.4 Å². The largest absolute Gasteiger partial charge is 0.319 e. The number of carbonyl (C=O) groups excluding carboxylic acids is 1. The lowest BCUT2D eigenvalue weighted by Crippen LogP contribution is -2.13. The molecule has 27 heavy (non-hydrogen) atoms. The van der Waals surface area contributed by atoms with Crippen LogP contribution in [-0.2, 0) is 6.54 Å². The molecule has 3 aromatic rings. The molecule has 0 saturated carbocycles. The maximum absolute atomic E-state index is 13.2. The molecule has 6 heteroatoms. The predicted molar refractivity (Wildman–Crippen MR) is 106 cm³/mol. The van der Waals surface area contributed by atoms with E-state index in [1.807, 2.05) is 45.9 Å². The number of benzene rings is 2. The molecule has 0 bridgehead atoms. The SMILES string of the molecule is Cc1ccc(C(=O)Nc2c(C)nn(Cc3ccc(F)cc3Cl)c2C)cc1C. The molecule has 0 aliphatic carbocycles. The van der Waals surface area contributed by atoms with Gasteiger partial charge in [-0.3, -0.25) is 9.48 Å². The minimum atomic E-state index is -0.376. The van der Waals surface area contributed by atoms with Crippen molar-refractivity contribution in [1.82, 2.24) is 9.78 Å². The maximum Gasteiger partial charge on any atom is 0.255 e. The molecule has 0 aliphatic rings. The molecule has 1 N–H and O–H groups in total. The van der Waals surface area contributed by atoms with Gasteiger partial charge in [0.05, 0.1) is 23.6 Å². The van der Waals surface area contributed by atoms with Crippen molar-refractivity contribution in [2.24, 2.45) is 0 Å². The van der Waals surface area contributed by atoms with Crippen LogP contribution in [0.4, 0.5) is 10.1 Å². The van der Waals surface area contributed by atoms with Gasteiger partial charge in [0.25, 0.3) is 5.91 Å². The summed E-state index contributed by atoms with van der Waals surface area (Å²) in [6.45, 7) is 8.10. The van der Waals surface area contributed by atoms with E-state index in [4.69, 9.17) is 11.6 Å². The van der Waals surface area contributed by atoms with Crippen molar-refractivity contribution in [3.8, 4) is 0 Å². The zero-order valence-corrected chi connectivity index (χ0v) is 16.5. The average Bonchev–Trinajstić information content (AvgIpc) is 2.87. The monoisotopic (exact) mass is 385 g/mol. The van der Waals surface area contributed by atoms with Gasteiger partial charge in [0, 0.05) is 10.6 Å². The summed E-state index contributed by atoms with van der Waals surface area (Å²) < 4.78 is 15.0. The third-order valence-electron chi connectivity index (χ3n) is 4.72. The van der Waals surface area contributed by atoms with Gasteiger partial charge >= 0.3 is 0 Å². The summed E-state index contributed by atoms with van der Waals surface area (Å²) >= 11 is 6.12. The number of halogens is 2. The summed E-state index contributed by atoms with van der Waals surface area (Å²) in [5.74, 6) is -0.554. The van der Waals surface area contributed by atoms with E-state index in [1.54, 1.807) is 10.7 Å². The zero-order valence-electron chi connectivity index (χ0n) is 15.7. The number of carbonyl (C=O) groups is 1. The molecular formula is C21H21ClFN3O. The Labute approximate surface area is 163 Å². The van der Waals surface area contributed by atoms with Gasteiger partial charge in [-0.15, -0.1) is 0 Å². The third kappa shape index (κ3) is 4.03. The van der Waals surface area contributed by atoms with Crippen molar-refractivity contribution in [3.05, 3.63) is 80.9 Å². The molecule has 0 radical (unpaired) electrons. The van der Waals surface area contributed by atoms with Gasteiger partial charge in [0.2, 0.25) is 0 Å². The predicted octanol–water partition coefficient (Wildman–Crippen LogP) is 5.21. The first kappa shape index (κ1) is 19.1. The van der Waals surface area contributed by atoms with E-state index < -0.39 is 0 Å². The van der Waals surface area contributed by atoms with E-state index in [2.05, 4.69) is 10.4 Å². The second-order valence-electron chi connectivity index (χ2n) is 6.69. The van der Waals surface area contributed by atoms with Crippen LogP contribution >= 0.6 is 11.6 Å². The van der Waals surface area contributed by atoms with E-state index in [9.17, 15) is 9.18 Å². The Kier molecular flexibility index (Phi) is 5.33. The molecule has 3 rings (SSSR count). The lowest BCUT2D eigenvalue weighted by molar-refractivity contribution is 0.102. The number of anilines is 1. The van der Waals surface area contributed by atoms with Crippen molar-refractivity contribution < 1.29 is 9.18 Å². The fourth-order valence-electron chi connectivity index (χ4n) is 2.91. The number of nitrogens with zero attached hydrogens (tertiary/aromatic N) is 2. The van der Waals surface area contributed by atoms with Crippen LogP contribution in [0, 0.1) is 33.5 Å². The van der Waals surface area contributed by atoms with Gasteiger partial charge < -0.3 is 5.32 Å². The van der Waals surface area contributed by atoms with Crippen LogP contribution in [0.25, 0.3) is 0 Å². The molecule has 4 nitrogen and oxygen atoms in total. The summed E-state index contributed by atoms with van der Waals surface area (Å²) in [6, 6.07) is 9.91. The first-order valence-corrected chi connectivity index (χ1v) is 9.00.